The van der Waals surface area contributed by atoms with Crippen LogP contribution in [-0.2, 0) is 46.8 Å². The molecule has 2 N–H and O–H groups in total. The first-order chi connectivity index (χ1) is 27.9. The lowest BCUT2D eigenvalue weighted by molar-refractivity contribution is -0.142. The summed E-state index contributed by atoms with van der Waals surface area (Å²) in [5.74, 6) is -0.839. The van der Waals surface area contributed by atoms with Gasteiger partial charge in [-0.3, -0.25) is 9.59 Å². The molecule has 1 unspecified atom stereocenters. The summed E-state index contributed by atoms with van der Waals surface area (Å²) >= 11 is 12.1. The maximum Gasteiger partial charge on any atom is 0.326 e. The number of carboxylic acids is 1. The fourth-order valence-electron chi connectivity index (χ4n) is 7.14. The van der Waals surface area contributed by atoms with Gasteiger partial charge >= 0.3 is 12.0 Å². The fourth-order valence-corrected chi connectivity index (χ4v) is 7.46. The van der Waals surface area contributed by atoms with E-state index in [0.717, 1.165) is 27.8 Å². The molecule has 2 heterocycles. The number of halogens is 2. The molecule has 0 aromatic heterocycles. The molecule has 0 saturated heterocycles. The molecule has 0 aliphatic carbocycles. The maximum atomic E-state index is 13.9. The van der Waals surface area contributed by atoms with Crippen LogP contribution < -0.4 is 14.8 Å². The van der Waals surface area contributed by atoms with Gasteiger partial charge in [0.2, 0.25) is 5.91 Å². The number of urea groups is 1. The number of carboxylic acid groups (broad SMARTS) is 1. The van der Waals surface area contributed by atoms with Gasteiger partial charge in [0.25, 0.3) is 0 Å². The van der Waals surface area contributed by atoms with Gasteiger partial charge in [-0.15, -0.1) is 0 Å². The van der Waals surface area contributed by atoms with Crippen molar-refractivity contribution in [3.8, 4) is 28.7 Å². The first kappa shape index (κ1) is 39.9. The molecule has 5 aromatic rings. The molecule has 58 heavy (non-hydrogen) atoms. The zero-order valence-corrected chi connectivity index (χ0v) is 33.1. The molecule has 2 aliphatic rings. The van der Waals surface area contributed by atoms with E-state index in [2.05, 4.69) is 11.4 Å². The minimum Gasteiger partial charge on any atom is -0.489 e. The summed E-state index contributed by atoms with van der Waals surface area (Å²) in [6.07, 6.45) is -0.620. The van der Waals surface area contributed by atoms with E-state index < -0.39 is 36.1 Å². The molecule has 0 radical (unpaired) electrons. The number of nitrogens with one attached hydrogen (secondary N) is 1. The van der Waals surface area contributed by atoms with Gasteiger partial charge in [-0.05, 0) is 75.8 Å². The number of nitriles is 1. The number of hydrogen-bond donors (Lipinski definition) is 2. The summed E-state index contributed by atoms with van der Waals surface area (Å²) in [6.45, 7) is 0.347. The van der Waals surface area contributed by atoms with E-state index in [1.54, 1.807) is 74.8 Å². The summed E-state index contributed by atoms with van der Waals surface area (Å²) in [5.41, 5.74) is 6.75. The average Bonchev–Trinajstić information content (AvgIpc) is 3.22. The SMILES string of the molecule is CN(C)C(=O)N1Cc2cc3c(cc2C[C@H]1C(=O)N[C@@H](Cc1ccc(-c2ccc(C#N)cc2)cc1)C(=O)O)CC(=O)C(c1ccc(OCc2ccc(Cl)c(Cl)c2)cc1)O3. The second-order valence-electron chi connectivity index (χ2n) is 14.5. The molecule has 0 saturated carbocycles. The Morgan fingerprint density at radius 2 is 1.57 bits per heavy atom. The van der Waals surface area contributed by atoms with Crippen molar-refractivity contribution in [1.82, 2.24) is 15.1 Å². The number of carbonyl (C=O) groups is 4. The van der Waals surface area contributed by atoms with Gasteiger partial charge in [0.05, 0.1) is 21.7 Å². The third-order valence-corrected chi connectivity index (χ3v) is 11.0. The minimum absolute atomic E-state index is 0.0161. The number of rotatable bonds is 10. The van der Waals surface area contributed by atoms with Crippen LogP contribution in [0.5, 0.6) is 11.5 Å². The predicted octanol–water partition coefficient (Wildman–Crippen LogP) is 7.58. The Hall–Kier alpha value is -6.35. The van der Waals surface area contributed by atoms with Gasteiger partial charge in [0, 0.05) is 51.0 Å². The van der Waals surface area contributed by atoms with Gasteiger partial charge in [-0.1, -0.05) is 83.9 Å². The second kappa shape index (κ2) is 17.0. The monoisotopic (exact) mass is 816 g/mol. The number of nitrogens with zero attached hydrogens (tertiary/aromatic N) is 3. The molecular weight excluding hydrogens is 779 g/mol. The van der Waals surface area contributed by atoms with Crippen molar-refractivity contribution in [2.24, 2.45) is 0 Å². The normalized spacial score (nSPS) is 16.2. The fraction of sp³-hybridized carbons (Fsp3) is 0.222. The van der Waals surface area contributed by atoms with Crippen LogP contribution in [0.15, 0.2) is 103 Å². The van der Waals surface area contributed by atoms with E-state index in [4.69, 9.17) is 37.9 Å². The maximum absolute atomic E-state index is 13.9. The number of ketones is 1. The Balaban J connectivity index is 1.04. The first-order valence-corrected chi connectivity index (χ1v) is 19.2. The average molecular weight is 818 g/mol. The summed E-state index contributed by atoms with van der Waals surface area (Å²) in [4.78, 5) is 56.1. The number of amides is 3. The lowest BCUT2D eigenvalue weighted by Crippen LogP contribution is -2.57. The number of fused-ring (bicyclic) bond motifs is 2. The molecule has 5 aromatic carbocycles. The van der Waals surface area contributed by atoms with Crippen molar-refractivity contribution in [2.75, 3.05) is 14.1 Å². The van der Waals surface area contributed by atoms with Gasteiger partial charge in [-0.25, -0.2) is 9.59 Å². The topological polar surface area (TPSA) is 149 Å². The highest BCUT2D eigenvalue weighted by Crippen LogP contribution is 2.38. The number of hydrogen-bond acceptors (Lipinski definition) is 7. The first-order valence-electron chi connectivity index (χ1n) is 18.5. The van der Waals surface area contributed by atoms with Gasteiger partial charge in [-0.2, -0.15) is 5.26 Å². The molecule has 0 fully saturated rings. The van der Waals surface area contributed by atoms with Crippen molar-refractivity contribution < 1.29 is 33.8 Å². The Kier molecular flexibility index (Phi) is 11.7. The molecule has 2 aliphatic heterocycles. The molecule has 7 rings (SSSR count). The van der Waals surface area contributed by atoms with Crippen LogP contribution in [0.4, 0.5) is 4.79 Å². The Labute approximate surface area is 345 Å². The smallest absolute Gasteiger partial charge is 0.326 e. The summed E-state index contributed by atoms with van der Waals surface area (Å²) in [6, 6.07) is 29.9. The third kappa shape index (κ3) is 8.79. The van der Waals surface area contributed by atoms with Gasteiger partial charge in [0.15, 0.2) is 11.9 Å². The molecule has 3 amide bonds. The Morgan fingerprint density at radius 3 is 2.21 bits per heavy atom. The Morgan fingerprint density at radius 1 is 0.897 bits per heavy atom. The number of benzene rings is 5. The predicted molar refractivity (Wildman–Crippen MR) is 218 cm³/mol. The second-order valence-corrected chi connectivity index (χ2v) is 15.3. The van der Waals surface area contributed by atoms with Crippen molar-refractivity contribution in [3.63, 3.8) is 0 Å². The zero-order valence-electron chi connectivity index (χ0n) is 31.6. The van der Waals surface area contributed by atoms with E-state index in [1.165, 1.54) is 9.80 Å². The van der Waals surface area contributed by atoms with Crippen LogP contribution in [0.2, 0.25) is 10.0 Å². The van der Waals surface area contributed by atoms with E-state index in [0.29, 0.717) is 43.8 Å². The standard InChI is InChI=1S/C45H38Cl2N4O7/c1-50(2)45(56)51-24-34-22-41-33(21-40(52)42(58-41)31-12-14-35(15-13-31)57-25-28-7-16-36(46)37(47)17-28)19-32(34)20-39(51)43(53)49-38(44(54)55)18-26-3-8-29(9-4-26)30-10-5-27(23-48)6-11-30/h3-17,19,22,38-39,42H,18,20-21,24-25H2,1-2H3,(H,49,53)(H,54,55)/t38-,39-,42?/m0/s1. The molecule has 3 atom stereocenters. The molecule has 0 spiro atoms. The highest BCUT2D eigenvalue weighted by molar-refractivity contribution is 6.42. The molecule has 0 bridgehead atoms. The molecule has 294 valence electrons. The zero-order chi connectivity index (χ0) is 41.1. The lowest BCUT2D eigenvalue weighted by Gasteiger charge is -2.38. The van der Waals surface area contributed by atoms with E-state index in [1.807, 2.05) is 42.5 Å². The van der Waals surface area contributed by atoms with Crippen molar-refractivity contribution in [2.45, 2.75) is 50.6 Å². The van der Waals surface area contributed by atoms with Crippen molar-refractivity contribution in [1.29, 1.82) is 5.26 Å². The molecular formula is C45H38Cl2N4O7. The quantitative estimate of drug-likeness (QED) is 0.147. The van der Waals surface area contributed by atoms with E-state index >= 15 is 0 Å². The summed E-state index contributed by atoms with van der Waals surface area (Å²) in [5, 5.41) is 22.8. The van der Waals surface area contributed by atoms with Crippen LogP contribution >= 0.6 is 23.2 Å². The van der Waals surface area contributed by atoms with E-state index in [-0.39, 0.29) is 38.2 Å². The summed E-state index contributed by atoms with van der Waals surface area (Å²) < 4.78 is 12.2. The van der Waals surface area contributed by atoms with Crippen molar-refractivity contribution in [3.05, 3.63) is 152 Å². The molecule has 11 nitrogen and oxygen atoms in total. The number of ether oxygens (including phenoxy) is 2. The minimum atomic E-state index is -1.26. The third-order valence-electron chi connectivity index (χ3n) is 10.3. The van der Waals surface area contributed by atoms with Crippen LogP contribution in [0, 0.1) is 11.3 Å². The van der Waals surface area contributed by atoms with Crippen molar-refractivity contribution >= 4 is 46.9 Å². The van der Waals surface area contributed by atoms with E-state index in [9.17, 15) is 24.3 Å². The van der Waals surface area contributed by atoms with Crippen LogP contribution in [-0.4, -0.2) is 64.8 Å². The number of carbonyl (C=O) groups excluding carboxylic acids is 3. The van der Waals surface area contributed by atoms with Crippen LogP contribution in [0.1, 0.15) is 45.0 Å². The highest BCUT2D eigenvalue weighted by atomic mass is 35.5. The largest absolute Gasteiger partial charge is 0.489 e. The van der Waals surface area contributed by atoms with Gasteiger partial charge < -0.3 is 29.7 Å². The Bertz CT molecular complexity index is 2430. The number of aliphatic carboxylic acids is 1. The van der Waals surface area contributed by atoms with Gasteiger partial charge in [0.1, 0.15) is 30.2 Å². The number of Topliss-reactive ketones (excluding diaryl/α,β-unsaturated/α-hetero) is 1. The summed E-state index contributed by atoms with van der Waals surface area (Å²) in [7, 11) is 3.18. The highest BCUT2D eigenvalue weighted by Gasteiger charge is 2.39. The van der Waals surface area contributed by atoms with Crippen LogP contribution in [0.3, 0.4) is 0 Å². The lowest BCUT2D eigenvalue weighted by atomic mass is 9.88. The van der Waals surface area contributed by atoms with Crippen LogP contribution in [0.25, 0.3) is 11.1 Å². The molecule has 13 heteroatoms.